The monoisotopic (exact) mass is 533 g/mol. The van der Waals surface area contributed by atoms with Gasteiger partial charge in [-0.15, -0.1) is 0 Å². The summed E-state index contributed by atoms with van der Waals surface area (Å²) in [5.74, 6) is 0.733. The molecule has 0 spiro atoms. The predicted octanol–water partition coefficient (Wildman–Crippen LogP) is 6.76. The molecule has 5 nitrogen and oxygen atoms in total. The minimum absolute atomic E-state index is 0.234. The highest BCUT2D eigenvalue weighted by atomic mass is 127. The van der Waals surface area contributed by atoms with Crippen LogP contribution in [0.2, 0.25) is 5.02 Å². The van der Waals surface area contributed by atoms with Gasteiger partial charge in [0.1, 0.15) is 0 Å². The van der Waals surface area contributed by atoms with Crippen molar-refractivity contribution in [3.05, 3.63) is 35.5 Å². The second-order valence-electron chi connectivity index (χ2n) is 6.65. The molecule has 0 aliphatic carbocycles. The van der Waals surface area contributed by atoms with E-state index in [9.17, 15) is 4.39 Å². The van der Waals surface area contributed by atoms with Crippen molar-refractivity contribution < 1.29 is 4.39 Å². The molecular formula is C19H22ClFIN5S. The van der Waals surface area contributed by atoms with E-state index >= 15 is 0 Å². The lowest BCUT2D eigenvalue weighted by molar-refractivity contribution is 0.471. The average molecular weight is 534 g/mol. The summed E-state index contributed by atoms with van der Waals surface area (Å²) >= 11 is 8.32. The van der Waals surface area contributed by atoms with Crippen molar-refractivity contribution in [3.63, 3.8) is 0 Å². The van der Waals surface area contributed by atoms with Crippen LogP contribution in [0.25, 0.3) is 22.4 Å². The van der Waals surface area contributed by atoms with Gasteiger partial charge < -0.3 is 5.32 Å². The molecular weight excluding hydrogens is 512 g/mol. The Hall–Kier alpha value is -1.13. The molecule has 1 atom stereocenters. The summed E-state index contributed by atoms with van der Waals surface area (Å²) in [5.41, 5.74) is 1.54. The highest BCUT2D eigenvalue weighted by Gasteiger charge is 2.17. The van der Waals surface area contributed by atoms with Gasteiger partial charge in [0.15, 0.2) is 23.1 Å². The van der Waals surface area contributed by atoms with Crippen molar-refractivity contribution in [3.8, 4) is 11.4 Å². The first kappa shape index (κ1) is 21.6. The normalized spacial score (nSPS) is 12.5. The average Bonchev–Trinajstić information content (AvgIpc) is 3.07. The van der Waals surface area contributed by atoms with Crippen molar-refractivity contribution in [1.29, 1.82) is 0 Å². The van der Waals surface area contributed by atoms with Crippen LogP contribution in [-0.2, 0) is 0 Å². The molecule has 0 aromatic carbocycles. The van der Waals surface area contributed by atoms with E-state index in [0.717, 1.165) is 35.9 Å². The summed E-state index contributed by atoms with van der Waals surface area (Å²) in [7, 11) is 1.49. The summed E-state index contributed by atoms with van der Waals surface area (Å²) in [6.07, 6.45) is 9.25. The van der Waals surface area contributed by atoms with E-state index in [-0.39, 0.29) is 5.82 Å². The molecule has 0 aliphatic heterocycles. The van der Waals surface area contributed by atoms with Gasteiger partial charge in [0.2, 0.25) is 0 Å². The Morgan fingerprint density at radius 1 is 1.32 bits per heavy atom. The molecule has 150 valence electrons. The first-order chi connectivity index (χ1) is 13.6. The first-order valence-corrected chi connectivity index (χ1v) is 13.0. The summed E-state index contributed by atoms with van der Waals surface area (Å²) in [4.78, 5) is 13.1. The van der Waals surface area contributed by atoms with Crippen molar-refractivity contribution in [2.24, 2.45) is 5.92 Å². The SMILES string of the molecule is CCCC[C@H](CC)CNc1nc(-c2cn(SI)c3ncc(Cl)cc23)ncc1F. The molecule has 0 unspecified atom stereocenters. The minimum Gasteiger partial charge on any atom is -0.367 e. The summed E-state index contributed by atoms with van der Waals surface area (Å²) in [6, 6.07) is 1.83. The minimum atomic E-state index is -0.447. The second kappa shape index (κ2) is 10.1. The predicted molar refractivity (Wildman–Crippen MR) is 125 cm³/mol. The highest BCUT2D eigenvalue weighted by Crippen LogP contribution is 2.34. The third-order valence-electron chi connectivity index (χ3n) is 4.74. The van der Waals surface area contributed by atoms with Crippen molar-refractivity contribution >= 4 is 58.8 Å². The van der Waals surface area contributed by atoms with Gasteiger partial charge in [-0.1, -0.05) is 44.7 Å². The van der Waals surface area contributed by atoms with Crippen LogP contribution in [0.15, 0.2) is 24.7 Å². The van der Waals surface area contributed by atoms with Crippen LogP contribution in [0.4, 0.5) is 10.2 Å². The fraction of sp³-hybridized carbons (Fsp3) is 0.421. The molecule has 0 saturated carbocycles. The largest absolute Gasteiger partial charge is 0.367 e. The van der Waals surface area contributed by atoms with Crippen molar-refractivity contribution in [1.82, 2.24) is 18.9 Å². The number of fused-ring (bicyclic) bond motifs is 1. The molecule has 0 bridgehead atoms. The Kier molecular flexibility index (Phi) is 7.76. The lowest BCUT2D eigenvalue weighted by Crippen LogP contribution is -2.15. The van der Waals surface area contributed by atoms with Gasteiger partial charge in [0.05, 0.1) is 11.2 Å². The molecule has 0 saturated heterocycles. The Bertz CT molecular complexity index is 951. The fourth-order valence-corrected chi connectivity index (χ4v) is 4.50. The maximum absolute atomic E-state index is 14.3. The molecule has 3 aromatic rings. The van der Waals surface area contributed by atoms with Gasteiger partial charge in [0.25, 0.3) is 0 Å². The molecule has 0 aliphatic rings. The van der Waals surface area contributed by atoms with E-state index in [1.165, 1.54) is 21.7 Å². The van der Waals surface area contributed by atoms with Crippen LogP contribution < -0.4 is 5.32 Å². The zero-order valence-corrected chi connectivity index (χ0v) is 19.5. The van der Waals surface area contributed by atoms with Crippen LogP contribution >= 0.6 is 41.9 Å². The Labute approximate surface area is 185 Å². The molecule has 3 heterocycles. The zero-order chi connectivity index (χ0) is 20.1. The molecule has 3 aromatic heterocycles. The number of rotatable bonds is 9. The number of pyridine rings is 1. The standard InChI is InChI=1S/C19H22ClFIN5S/c1-3-5-6-12(4-2)8-23-18-16(21)10-24-17(26-18)15-11-27(28-22)19-14(15)7-13(20)9-25-19/h7,9-12H,3-6,8H2,1-2H3,(H,23,24,26)/t12-/m0/s1. The Balaban J connectivity index is 1.91. The third-order valence-corrected chi connectivity index (χ3v) is 6.65. The van der Waals surface area contributed by atoms with Crippen LogP contribution in [0.3, 0.4) is 0 Å². The fourth-order valence-electron chi connectivity index (χ4n) is 3.09. The number of halogens is 3. The third kappa shape index (κ3) is 4.88. The van der Waals surface area contributed by atoms with E-state index in [1.807, 2.05) is 16.2 Å². The van der Waals surface area contributed by atoms with Gasteiger partial charge in [-0.2, -0.15) is 0 Å². The summed E-state index contributed by atoms with van der Waals surface area (Å²) in [5, 5.41) is 4.55. The Morgan fingerprint density at radius 2 is 2.14 bits per heavy atom. The van der Waals surface area contributed by atoms with Gasteiger partial charge in [-0.3, -0.25) is 3.97 Å². The maximum Gasteiger partial charge on any atom is 0.183 e. The quantitative estimate of drug-likeness (QED) is 0.308. The van der Waals surface area contributed by atoms with Crippen LogP contribution in [0, 0.1) is 11.7 Å². The highest BCUT2D eigenvalue weighted by molar-refractivity contribution is 14.2. The number of anilines is 1. The van der Waals surface area contributed by atoms with Gasteiger partial charge >= 0.3 is 0 Å². The van der Waals surface area contributed by atoms with E-state index in [4.69, 9.17) is 11.6 Å². The lowest BCUT2D eigenvalue weighted by Gasteiger charge is -2.16. The number of aromatic nitrogens is 4. The maximum atomic E-state index is 14.3. The van der Waals surface area contributed by atoms with Crippen molar-refractivity contribution in [2.75, 3.05) is 11.9 Å². The van der Waals surface area contributed by atoms with E-state index < -0.39 is 5.82 Å². The van der Waals surface area contributed by atoms with E-state index in [0.29, 0.717) is 23.3 Å². The molecule has 0 amide bonds. The summed E-state index contributed by atoms with van der Waals surface area (Å²) in [6.45, 7) is 5.04. The second-order valence-corrected chi connectivity index (χ2v) is 8.80. The number of nitrogens with one attached hydrogen (secondary N) is 1. The molecule has 1 N–H and O–H groups in total. The van der Waals surface area contributed by atoms with Gasteiger partial charge in [0, 0.05) is 60.2 Å². The molecule has 9 heteroatoms. The number of hydrogen-bond acceptors (Lipinski definition) is 5. The smallest absolute Gasteiger partial charge is 0.183 e. The van der Waals surface area contributed by atoms with Gasteiger partial charge in [-0.05, 0) is 18.4 Å². The number of unbranched alkanes of at least 4 members (excludes halogenated alkanes) is 1. The van der Waals surface area contributed by atoms with Crippen LogP contribution in [-0.4, -0.2) is 25.5 Å². The molecule has 3 rings (SSSR count). The van der Waals surface area contributed by atoms with E-state index in [1.54, 1.807) is 6.20 Å². The summed E-state index contributed by atoms with van der Waals surface area (Å²) < 4.78 is 16.2. The number of hydrogen-bond donors (Lipinski definition) is 1. The van der Waals surface area contributed by atoms with Crippen LogP contribution in [0.1, 0.15) is 39.5 Å². The van der Waals surface area contributed by atoms with Gasteiger partial charge in [-0.25, -0.2) is 19.3 Å². The first-order valence-electron chi connectivity index (χ1n) is 9.29. The molecule has 0 fully saturated rings. The molecule has 0 radical (unpaired) electrons. The lowest BCUT2D eigenvalue weighted by atomic mass is 9.99. The van der Waals surface area contributed by atoms with Crippen LogP contribution in [0.5, 0.6) is 0 Å². The zero-order valence-electron chi connectivity index (χ0n) is 15.8. The molecule has 28 heavy (non-hydrogen) atoms. The van der Waals surface area contributed by atoms with Crippen molar-refractivity contribution in [2.45, 2.75) is 39.5 Å². The number of nitrogens with zero attached hydrogens (tertiary/aromatic N) is 4. The Morgan fingerprint density at radius 3 is 2.86 bits per heavy atom. The topological polar surface area (TPSA) is 55.6 Å². The van der Waals surface area contributed by atoms with E-state index in [2.05, 4.69) is 55.3 Å².